The fourth-order valence-corrected chi connectivity index (χ4v) is 2.28. The van der Waals surface area contributed by atoms with Crippen LogP contribution in [0.4, 0.5) is 11.6 Å². The van der Waals surface area contributed by atoms with E-state index in [1.165, 1.54) is 6.42 Å². The summed E-state index contributed by atoms with van der Waals surface area (Å²) in [6, 6.07) is 0.403. The van der Waals surface area contributed by atoms with Crippen LogP contribution < -0.4 is 10.6 Å². The zero-order valence-electron chi connectivity index (χ0n) is 11.6. The predicted molar refractivity (Wildman–Crippen MR) is 81.1 cm³/mol. The average molecular weight is 315 g/mol. The van der Waals surface area contributed by atoms with Crippen LogP contribution in [0.15, 0.2) is 10.8 Å². The van der Waals surface area contributed by atoms with Gasteiger partial charge in [-0.25, -0.2) is 9.97 Å². The van der Waals surface area contributed by atoms with Gasteiger partial charge in [-0.15, -0.1) is 0 Å². The van der Waals surface area contributed by atoms with E-state index in [-0.39, 0.29) is 0 Å². The number of anilines is 2. The first-order chi connectivity index (χ1) is 8.58. The van der Waals surface area contributed by atoms with Crippen molar-refractivity contribution in [1.29, 1.82) is 0 Å². The van der Waals surface area contributed by atoms with Gasteiger partial charge in [0.05, 0.1) is 0 Å². The molecule has 0 spiro atoms. The molecule has 0 saturated heterocycles. The maximum Gasteiger partial charge on any atom is 0.146 e. The van der Waals surface area contributed by atoms with Crippen molar-refractivity contribution in [3.63, 3.8) is 0 Å². The second-order valence-corrected chi connectivity index (χ2v) is 5.50. The molecule has 1 rings (SSSR count). The fraction of sp³-hybridized carbons (Fsp3) is 0.692. The molecule has 102 valence electrons. The summed E-state index contributed by atoms with van der Waals surface area (Å²) in [7, 11) is 0. The number of hydrogen-bond donors (Lipinski definition) is 2. The van der Waals surface area contributed by atoms with Gasteiger partial charge < -0.3 is 10.6 Å². The highest BCUT2D eigenvalue weighted by Crippen LogP contribution is 2.27. The Hall–Kier alpha value is -0.840. The molecule has 2 unspecified atom stereocenters. The fourth-order valence-electron chi connectivity index (χ4n) is 1.82. The van der Waals surface area contributed by atoms with Crippen molar-refractivity contribution in [2.75, 3.05) is 17.2 Å². The largest absolute Gasteiger partial charge is 0.369 e. The van der Waals surface area contributed by atoms with Gasteiger partial charge in [-0.3, -0.25) is 0 Å². The summed E-state index contributed by atoms with van der Waals surface area (Å²) in [6.07, 6.45) is 3.93. The molecule has 0 fully saturated rings. The first-order valence-electron chi connectivity index (χ1n) is 6.59. The minimum absolute atomic E-state index is 0.403. The first kappa shape index (κ1) is 15.2. The number of rotatable bonds is 7. The Balaban J connectivity index is 2.69. The average Bonchev–Trinajstić information content (AvgIpc) is 2.34. The summed E-state index contributed by atoms with van der Waals surface area (Å²) < 4.78 is 0.905. The molecule has 0 aliphatic rings. The standard InChI is InChI=1S/C13H23BrN4/c1-5-9(3)7-10(4)18-13-11(14)12(15-6-2)16-8-17-13/h8-10H,5-7H2,1-4H3,(H2,15,16,17,18). The van der Waals surface area contributed by atoms with Crippen molar-refractivity contribution in [3.8, 4) is 0 Å². The lowest BCUT2D eigenvalue weighted by Crippen LogP contribution is -2.19. The van der Waals surface area contributed by atoms with Gasteiger partial charge >= 0.3 is 0 Å². The summed E-state index contributed by atoms with van der Waals surface area (Å²) in [4.78, 5) is 8.49. The Morgan fingerprint density at radius 3 is 2.50 bits per heavy atom. The van der Waals surface area contributed by atoms with Crippen LogP contribution in [0.3, 0.4) is 0 Å². The van der Waals surface area contributed by atoms with E-state index >= 15 is 0 Å². The van der Waals surface area contributed by atoms with E-state index in [2.05, 4.69) is 57.3 Å². The molecule has 0 saturated carbocycles. The normalized spacial score (nSPS) is 14.1. The topological polar surface area (TPSA) is 49.8 Å². The van der Waals surface area contributed by atoms with Gasteiger partial charge in [-0.05, 0) is 42.1 Å². The number of nitrogens with zero attached hydrogens (tertiary/aromatic N) is 2. The summed E-state index contributed by atoms with van der Waals surface area (Å²) in [6.45, 7) is 9.58. The van der Waals surface area contributed by atoms with Gasteiger partial charge in [0.15, 0.2) is 0 Å². The minimum Gasteiger partial charge on any atom is -0.369 e. The molecule has 0 bridgehead atoms. The van der Waals surface area contributed by atoms with Crippen LogP contribution in [0.2, 0.25) is 0 Å². The van der Waals surface area contributed by atoms with Crippen LogP contribution in [0.1, 0.15) is 40.5 Å². The molecule has 18 heavy (non-hydrogen) atoms. The molecule has 1 aromatic rings. The lowest BCUT2D eigenvalue weighted by atomic mass is 10.0. The van der Waals surface area contributed by atoms with E-state index < -0.39 is 0 Å². The third-order valence-corrected chi connectivity index (χ3v) is 3.72. The second-order valence-electron chi connectivity index (χ2n) is 4.71. The maximum atomic E-state index is 4.29. The molecule has 2 N–H and O–H groups in total. The van der Waals surface area contributed by atoms with Crippen LogP contribution >= 0.6 is 15.9 Å². The Labute approximate surface area is 118 Å². The van der Waals surface area contributed by atoms with Crippen molar-refractivity contribution in [1.82, 2.24) is 9.97 Å². The Kier molecular flexibility index (Phi) is 6.39. The Bertz CT molecular complexity index is 370. The molecule has 0 amide bonds. The molecule has 0 aliphatic heterocycles. The summed E-state index contributed by atoms with van der Waals surface area (Å²) >= 11 is 3.54. The van der Waals surface area contributed by atoms with Crippen LogP contribution in [-0.4, -0.2) is 22.6 Å². The van der Waals surface area contributed by atoms with Crippen LogP contribution in [0, 0.1) is 5.92 Å². The Morgan fingerprint density at radius 1 is 1.22 bits per heavy atom. The molecule has 0 aliphatic carbocycles. The van der Waals surface area contributed by atoms with Crippen LogP contribution in [0.25, 0.3) is 0 Å². The molecule has 0 radical (unpaired) electrons. The third kappa shape index (κ3) is 4.44. The molecule has 1 heterocycles. The van der Waals surface area contributed by atoms with Crippen LogP contribution in [-0.2, 0) is 0 Å². The van der Waals surface area contributed by atoms with E-state index in [1.54, 1.807) is 6.33 Å². The van der Waals surface area contributed by atoms with Crippen molar-refractivity contribution >= 4 is 27.6 Å². The summed E-state index contributed by atoms with van der Waals surface area (Å²) in [5.74, 6) is 2.42. The zero-order valence-corrected chi connectivity index (χ0v) is 13.2. The SMILES string of the molecule is CCNc1ncnc(NC(C)CC(C)CC)c1Br. The number of aromatic nitrogens is 2. The maximum absolute atomic E-state index is 4.29. The Morgan fingerprint density at radius 2 is 1.89 bits per heavy atom. The lowest BCUT2D eigenvalue weighted by molar-refractivity contribution is 0.483. The van der Waals surface area contributed by atoms with Crippen molar-refractivity contribution in [2.45, 2.75) is 46.6 Å². The van der Waals surface area contributed by atoms with Crippen molar-refractivity contribution in [3.05, 3.63) is 10.8 Å². The van der Waals surface area contributed by atoms with E-state index in [4.69, 9.17) is 0 Å². The van der Waals surface area contributed by atoms with Gasteiger partial charge in [0.2, 0.25) is 0 Å². The lowest BCUT2D eigenvalue weighted by Gasteiger charge is -2.19. The first-order valence-corrected chi connectivity index (χ1v) is 7.38. The van der Waals surface area contributed by atoms with Gasteiger partial charge in [-0.1, -0.05) is 20.3 Å². The smallest absolute Gasteiger partial charge is 0.146 e. The van der Waals surface area contributed by atoms with E-state index in [0.29, 0.717) is 6.04 Å². The van der Waals surface area contributed by atoms with E-state index in [0.717, 1.165) is 35.0 Å². The highest BCUT2D eigenvalue weighted by molar-refractivity contribution is 9.10. The molecule has 0 aromatic carbocycles. The minimum atomic E-state index is 0.403. The van der Waals surface area contributed by atoms with Gasteiger partial charge in [0.1, 0.15) is 22.4 Å². The molecular weight excluding hydrogens is 292 g/mol. The molecule has 5 heteroatoms. The number of nitrogens with one attached hydrogen (secondary N) is 2. The van der Waals surface area contributed by atoms with Gasteiger partial charge in [0.25, 0.3) is 0 Å². The van der Waals surface area contributed by atoms with Crippen LogP contribution in [0.5, 0.6) is 0 Å². The summed E-state index contributed by atoms with van der Waals surface area (Å²) in [5, 5.41) is 6.64. The third-order valence-electron chi connectivity index (χ3n) is 2.97. The molecule has 2 atom stereocenters. The van der Waals surface area contributed by atoms with E-state index in [9.17, 15) is 0 Å². The number of halogens is 1. The van der Waals surface area contributed by atoms with Gasteiger partial charge in [-0.2, -0.15) is 0 Å². The van der Waals surface area contributed by atoms with E-state index in [1.807, 2.05) is 6.92 Å². The second kappa shape index (κ2) is 7.56. The van der Waals surface area contributed by atoms with Gasteiger partial charge in [0, 0.05) is 12.6 Å². The molecule has 4 nitrogen and oxygen atoms in total. The highest BCUT2D eigenvalue weighted by atomic mass is 79.9. The predicted octanol–water partition coefficient (Wildman–Crippen LogP) is 3.91. The molecule has 1 aromatic heterocycles. The number of hydrogen-bond acceptors (Lipinski definition) is 4. The summed E-state index contributed by atoms with van der Waals surface area (Å²) in [5.41, 5.74) is 0. The highest BCUT2D eigenvalue weighted by Gasteiger charge is 2.12. The monoisotopic (exact) mass is 314 g/mol. The quantitative estimate of drug-likeness (QED) is 0.801. The van der Waals surface area contributed by atoms with Crippen molar-refractivity contribution < 1.29 is 0 Å². The van der Waals surface area contributed by atoms with Crippen molar-refractivity contribution in [2.24, 2.45) is 5.92 Å². The zero-order chi connectivity index (χ0) is 13.5. The molecular formula is C13H23BrN4.